The normalized spacial score (nSPS) is 19.8. The molecule has 0 saturated carbocycles. The van der Waals surface area contributed by atoms with E-state index in [1.54, 1.807) is 6.07 Å². The summed E-state index contributed by atoms with van der Waals surface area (Å²) in [6, 6.07) is 2.92. The number of sulfonamides is 1. The van der Waals surface area contributed by atoms with Gasteiger partial charge >= 0.3 is 0 Å². The lowest BCUT2D eigenvalue weighted by Gasteiger charge is -2.23. The molecular formula is C13H21N3O3S. The van der Waals surface area contributed by atoms with Crippen molar-refractivity contribution >= 4 is 15.8 Å². The van der Waals surface area contributed by atoms with Crippen molar-refractivity contribution in [2.45, 2.75) is 37.1 Å². The molecule has 1 saturated heterocycles. The number of aromatic nitrogens is 1. The zero-order valence-electron chi connectivity index (χ0n) is 11.6. The molecule has 20 heavy (non-hydrogen) atoms. The first-order valence-corrected chi connectivity index (χ1v) is 8.40. The second-order valence-corrected chi connectivity index (χ2v) is 6.55. The monoisotopic (exact) mass is 299 g/mol. The van der Waals surface area contributed by atoms with Gasteiger partial charge in [-0.25, -0.2) is 18.1 Å². The van der Waals surface area contributed by atoms with E-state index in [0.717, 1.165) is 25.8 Å². The van der Waals surface area contributed by atoms with Crippen LogP contribution in [-0.2, 0) is 14.8 Å². The predicted molar refractivity (Wildman–Crippen MR) is 77.2 cm³/mol. The molecule has 1 aliphatic heterocycles. The predicted octanol–water partition coefficient (Wildman–Crippen LogP) is 1.36. The molecular weight excluding hydrogens is 278 g/mol. The van der Waals surface area contributed by atoms with E-state index in [-0.39, 0.29) is 10.9 Å². The molecule has 1 aromatic rings. The highest BCUT2D eigenvalue weighted by Crippen LogP contribution is 2.15. The van der Waals surface area contributed by atoms with E-state index in [1.807, 2.05) is 6.92 Å². The van der Waals surface area contributed by atoms with Crippen molar-refractivity contribution in [3.63, 3.8) is 0 Å². The molecule has 0 spiro atoms. The van der Waals surface area contributed by atoms with Crippen LogP contribution in [0, 0.1) is 0 Å². The van der Waals surface area contributed by atoms with Crippen LogP contribution in [0.2, 0.25) is 0 Å². The van der Waals surface area contributed by atoms with Gasteiger partial charge in [-0.15, -0.1) is 0 Å². The summed E-state index contributed by atoms with van der Waals surface area (Å²) in [5.41, 5.74) is 0. The van der Waals surface area contributed by atoms with Crippen molar-refractivity contribution < 1.29 is 13.2 Å². The van der Waals surface area contributed by atoms with Gasteiger partial charge in [-0.05, 0) is 25.3 Å². The average Bonchev–Trinajstić information content (AvgIpc) is 2.46. The lowest BCUT2D eigenvalue weighted by atomic mass is 10.1. The number of pyridine rings is 1. The van der Waals surface area contributed by atoms with Gasteiger partial charge in [0, 0.05) is 31.5 Å². The maximum Gasteiger partial charge on any atom is 0.241 e. The van der Waals surface area contributed by atoms with Gasteiger partial charge in [-0.2, -0.15) is 0 Å². The topological polar surface area (TPSA) is 80.3 Å². The molecule has 0 aromatic carbocycles. The summed E-state index contributed by atoms with van der Waals surface area (Å²) in [6.45, 7) is 3.95. The zero-order valence-corrected chi connectivity index (χ0v) is 12.4. The lowest BCUT2D eigenvalue weighted by Crippen LogP contribution is -2.40. The molecule has 1 atom stereocenters. The van der Waals surface area contributed by atoms with E-state index < -0.39 is 10.0 Å². The quantitative estimate of drug-likeness (QED) is 0.829. The fourth-order valence-electron chi connectivity index (χ4n) is 2.05. The molecule has 0 amide bonds. The minimum absolute atomic E-state index is 0.144. The first-order chi connectivity index (χ1) is 9.62. The van der Waals surface area contributed by atoms with Crippen molar-refractivity contribution in [3.05, 3.63) is 18.3 Å². The largest absolute Gasteiger partial charge is 0.380 e. The summed E-state index contributed by atoms with van der Waals surface area (Å²) >= 11 is 0. The van der Waals surface area contributed by atoms with Crippen molar-refractivity contribution in [3.8, 4) is 0 Å². The second kappa shape index (κ2) is 7.01. The summed E-state index contributed by atoms with van der Waals surface area (Å²) in [7, 11) is -3.52. The van der Waals surface area contributed by atoms with Crippen molar-refractivity contribution in [2.75, 3.05) is 25.1 Å². The van der Waals surface area contributed by atoms with Gasteiger partial charge in [0.25, 0.3) is 0 Å². The molecule has 0 radical (unpaired) electrons. The zero-order chi connectivity index (χ0) is 14.4. The lowest BCUT2D eigenvalue weighted by molar-refractivity contribution is 0.0774. The maximum absolute atomic E-state index is 12.3. The summed E-state index contributed by atoms with van der Waals surface area (Å²) in [5, 5.41) is 3.08. The Balaban J connectivity index is 2.07. The number of ether oxygens (including phenoxy) is 1. The van der Waals surface area contributed by atoms with Gasteiger partial charge in [0.05, 0.1) is 11.5 Å². The van der Waals surface area contributed by atoms with Crippen LogP contribution in [0.3, 0.4) is 0 Å². The average molecular weight is 299 g/mol. The number of rotatable bonds is 6. The highest BCUT2D eigenvalue weighted by molar-refractivity contribution is 7.89. The molecule has 0 bridgehead atoms. The van der Waals surface area contributed by atoms with Gasteiger partial charge in [-0.1, -0.05) is 6.92 Å². The number of hydrogen-bond donors (Lipinski definition) is 2. The van der Waals surface area contributed by atoms with Crippen LogP contribution >= 0.6 is 0 Å². The Hall–Kier alpha value is -1.18. The first-order valence-electron chi connectivity index (χ1n) is 6.92. The van der Waals surface area contributed by atoms with Gasteiger partial charge in [0.1, 0.15) is 5.82 Å². The van der Waals surface area contributed by atoms with E-state index in [2.05, 4.69) is 15.0 Å². The number of nitrogens with one attached hydrogen (secondary N) is 2. The summed E-state index contributed by atoms with van der Waals surface area (Å²) in [4.78, 5) is 4.34. The molecule has 112 valence electrons. The Morgan fingerprint density at radius 2 is 2.35 bits per heavy atom. The molecule has 0 aliphatic carbocycles. The van der Waals surface area contributed by atoms with Gasteiger partial charge in [0.2, 0.25) is 10.0 Å². The van der Waals surface area contributed by atoms with E-state index >= 15 is 0 Å². The van der Waals surface area contributed by atoms with Crippen LogP contribution in [0.25, 0.3) is 0 Å². The Morgan fingerprint density at radius 1 is 1.50 bits per heavy atom. The summed E-state index contributed by atoms with van der Waals surface area (Å²) < 4.78 is 32.6. The van der Waals surface area contributed by atoms with Crippen molar-refractivity contribution in [2.24, 2.45) is 0 Å². The van der Waals surface area contributed by atoms with Crippen LogP contribution < -0.4 is 10.0 Å². The highest BCUT2D eigenvalue weighted by atomic mass is 32.2. The second-order valence-electron chi connectivity index (χ2n) is 4.84. The minimum atomic E-state index is -3.52. The fourth-order valence-corrected chi connectivity index (χ4v) is 3.32. The Kier molecular flexibility index (Phi) is 5.33. The van der Waals surface area contributed by atoms with E-state index in [4.69, 9.17) is 4.74 Å². The molecule has 6 nitrogen and oxygen atoms in total. The third-order valence-corrected chi connectivity index (χ3v) is 4.60. The highest BCUT2D eigenvalue weighted by Gasteiger charge is 2.22. The number of nitrogens with zero attached hydrogens (tertiary/aromatic N) is 1. The minimum Gasteiger partial charge on any atom is -0.380 e. The maximum atomic E-state index is 12.3. The third-order valence-electron chi connectivity index (χ3n) is 3.08. The number of anilines is 1. The molecule has 1 aliphatic rings. The Labute approximate surface area is 120 Å². The van der Waals surface area contributed by atoms with Crippen LogP contribution in [-0.4, -0.2) is 39.2 Å². The summed E-state index contributed by atoms with van der Waals surface area (Å²) in [5.74, 6) is 0.578. The van der Waals surface area contributed by atoms with Crippen LogP contribution in [0.5, 0.6) is 0 Å². The van der Waals surface area contributed by atoms with E-state index in [0.29, 0.717) is 19.0 Å². The van der Waals surface area contributed by atoms with Crippen LogP contribution in [0.4, 0.5) is 5.82 Å². The van der Waals surface area contributed by atoms with Crippen LogP contribution in [0.15, 0.2) is 23.2 Å². The van der Waals surface area contributed by atoms with Gasteiger partial charge in [0.15, 0.2) is 0 Å². The van der Waals surface area contributed by atoms with E-state index in [9.17, 15) is 8.42 Å². The Bertz CT molecular complexity index is 527. The molecule has 2 N–H and O–H groups in total. The summed E-state index contributed by atoms with van der Waals surface area (Å²) in [6.07, 6.45) is 4.15. The molecule has 1 aromatic heterocycles. The third kappa shape index (κ3) is 4.16. The smallest absolute Gasteiger partial charge is 0.241 e. The van der Waals surface area contributed by atoms with Crippen LogP contribution in [0.1, 0.15) is 26.2 Å². The molecule has 2 heterocycles. The molecule has 2 rings (SSSR count). The van der Waals surface area contributed by atoms with Crippen molar-refractivity contribution in [1.82, 2.24) is 9.71 Å². The standard InChI is InChI=1S/C13H21N3O3S/c1-2-6-14-13-9-12(5-7-15-13)20(17,18)16-11-4-3-8-19-10-11/h5,7,9,11,16H,2-4,6,8,10H2,1H3,(H,14,15). The Morgan fingerprint density at radius 3 is 3.05 bits per heavy atom. The van der Waals surface area contributed by atoms with Crippen molar-refractivity contribution in [1.29, 1.82) is 0 Å². The number of hydrogen-bond acceptors (Lipinski definition) is 5. The molecule has 1 fully saturated rings. The first kappa shape index (κ1) is 15.2. The van der Waals surface area contributed by atoms with Gasteiger partial charge < -0.3 is 10.1 Å². The SMILES string of the molecule is CCCNc1cc(S(=O)(=O)NC2CCCOC2)ccn1. The molecule has 7 heteroatoms. The van der Waals surface area contributed by atoms with Gasteiger partial charge in [-0.3, -0.25) is 0 Å². The fraction of sp³-hybridized carbons (Fsp3) is 0.615. The molecule has 1 unspecified atom stereocenters. The van der Waals surface area contributed by atoms with E-state index in [1.165, 1.54) is 12.3 Å².